The van der Waals surface area contributed by atoms with Gasteiger partial charge in [0.05, 0.1) is 18.9 Å². The number of carbonyl (C=O) groups is 1. The summed E-state index contributed by atoms with van der Waals surface area (Å²) >= 11 is 0. The SMILES string of the molecule is CCNC(=NCCNC(=O)C(C)(C)C)N1CCC(C)C(n2ccnc2)C1.I. The number of carbonyl (C=O) groups excluding carboxylic acids is 1. The Morgan fingerprint density at radius 3 is 2.67 bits per heavy atom. The van der Waals surface area contributed by atoms with Crippen LogP contribution < -0.4 is 10.6 Å². The Hall–Kier alpha value is -1.32. The van der Waals surface area contributed by atoms with E-state index in [0.29, 0.717) is 25.0 Å². The fourth-order valence-electron chi connectivity index (χ4n) is 3.12. The van der Waals surface area contributed by atoms with Crippen molar-refractivity contribution < 1.29 is 4.79 Å². The van der Waals surface area contributed by atoms with Gasteiger partial charge in [0.25, 0.3) is 0 Å². The van der Waals surface area contributed by atoms with Crippen molar-refractivity contribution in [2.75, 3.05) is 32.7 Å². The summed E-state index contributed by atoms with van der Waals surface area (Å²) in [6.45, 7) is 14.0. The summed E-state index contributed by atoms with van der Waals surface area (Å²) in [6, 6.07) is 0.399. The van der Waals surface area contributed by atoms with Gasteiger partial charge in [-0.1, -0.05) is 27.7 Å². The van der Waals surface area contributed by atoms with Crippen LogP contribution in [0.15, 0.2) is 23.7 Å². The molecular formula is C19H35IN6O. The van der Waals surface area contributed by atoms with Crippen LogP contribution in [0.4, 0.5) is 0 Å². The highest BCUT2D eigenvalue weighted by Crippen LogP contribution is 2.27. The van der Waals surface area contributed by atoms with Crippen molar-refractivity contribution in [1.82, 2.24) is 25.1 Å². The summed E-state index contributed by atoms with van der Waals surface area (Å²) in [5.74, 6) is 1.59. The van der Waals surface area contributed by atoms with Gasteiger partial charge in [-0.25, -0.2) is 4.98 Å². The third-order valence-electron chi connectivity index (χ3n) is 4.80. The lowest BCUT2D eigenvalue weighted by atomic mass is 9.93. The maximum Gasteiger partial charge on any atom is 0.225 e. The molecule has 2 atom stereocenters. The van der Waals surface area contributed by atoms with E-state index >= 15 is 0 Å². The number of nitrogens with one attached hydrogen (secondary N) is 2. The Balaban J connectivity index is 0.00000364. The normalized spacial score (nSPS) is 20.8. The topological polar surface area (TPSA) is 74.6 Å². The van der Waals surface area contributed by atoms with Gasteiger partial charge < -0.3 is 20.1 Å². The van der Waals surface area contributed by atoms with Crippen LogP contribution in [-0.2, 0) is 4.79 Å². The minimum Gasteiger partial charge on any atom is -0.357 e. The lowest BCUT2D eigenvalue weighted by Gasteiger charge is -2.39. The average molecular weight is 490 g/mol. The molecule has 0 aliphatic carbocycles. The van der Waals surface area contributed by atoms with E-state index < -0.39 is 0 Å². The van der Waals surface area contributed by atoms with Crippen LogP contribution in [-0.4, -0.2) is 59.0 Å². The summed E-state index contributed by atoms with van der Waals surface area (Å²) in [5, 5.41) is 6.35. The number of piperidine rings is 1. The second kappa shape index (κ2) is 10.9. The second-order valence-electron chi connectivity index (χ2n) is 8.03. The fraction of sp³-hybridized carbons (Fsp3) is 0.737. The number of aliphatic imine (C=N–C) groups is 1. The first-order chi connectivity index (χ1) is 12.3. The van der Waals surface area contributed by atoms with Gasteiger partial charge in [-0.2, -0.15) is 0 Å². The molecule has 0 spiro atoms. The van der Waals surface area contributed by atoms with E-state index in [0.717, 1.165) is 32.0 Å². The minimum atomic E-state index is -0.366. The van der Waals surface area contributed by atoms with Gasteiger partial charge in [0.1, 0.15) is 0 Å². The molecular weight excluding hydrogens is 455 g/mol. The van der Waals surface area contributed by atoms with E-state index in [1.165, 1.54) is 0 Å². The van der Waals surface area contributed by atoms with Gasteiger partial charge in [-0.3, -0.25) is 9.79 Å². The maximum absolute atomic E-state index is 12.0. The van der Waals surface area contributed by atoms with E-state index in [-0.39, 0.29) is 35.3 Å². The van der Waals surface area contributed by atoms with Crippen LogP contribution in [0.25, 0.3) is 0 Å². The molecule has 2 heterocycles. The largest absolute Gasteiger partial charge is 0.357 e. The molecule has 8 heteroatoms. The summed E-state index contributed by atoms with van der Waals surface area (Å²) in [6.07, 6.45) is 6.89. The number of imidazole rings is 1. The van der Waals surface area contributed by atoms with Crippen molar-refractivity contribution in [3.05, 3.63) is 18.7 Å². The molecule has 2 unspecified atom stereocenters. The van der Waals surface area contributed by atoms with E-state index in [9.17, 15) is 4.79 Å². The number of amides is 1. The van der Waals surface area contributed by atoms with Gasteiger partial charge in [0.2, 0.25) is 5.91 Å². The molecule has 2 rings (SSSR count). The Labute approximate surface area is 180 Å². The first kappa shape index (κ1) is 23.7. The van der Waals surface area contributed by atoms with Gasteiger partial charge >= 0.3 is 0 Å². The van der Waals surface area contributed by atoms with Gasteiger partial charge in [-0.05, 0) is 19.3 Å². The lowest BCUT2D eigenvalue weighted by molar-refractivity contribution is -0.128. The quantitative estimate of drug-likeness (QED) is 0.288. The van der Waals surface area contributed by atoms with Crippen LogP contribution in [0.3, 0.4) is 0 Å². The van der Waals surface area contributed by atoms with Crippen LogP contribution >= 0.6 is 24.0 Å². The molecule has 1 aromatic rings. The molecule has 7 nitrogen and oxygen atoms in total. The second-order valence-corrected chi connectivity index (χ2v) is 8.03. The van der Waals surface area contributed by atoms with E-state index in [1.54, 1.807) is 0 Å². The zero-order chi connectivity index (χ0) is 19.2. The van der Waals surface area contributed by atoms with Crippen molar-refractivity contribution in [3.8, 4) is 0 Å². The van der Waals surface area contributed by atoms with Crippen molar-refractivity contribution in [2.24, 2.45) is 16.3 Å². The number of hydrogen-bond acceptors (Lipinski definition) is 3. The monoisotopic (exact) mass is 490 g/mol. The molecule has 1 amide bonds. The van der Waals surface area contributed by atoms with E-state index in [4.69, 9.17) is 4.99 Å². The molecule has 0 radical (unpaired) electrons. The van der Waals surface area contributed by atoms with Crippen molar-refractivity contribution in [1.29, 1.82) is 0 Å². The van der Waals surface area contributed by atoms with Crippen molar-refractivity contribution in [3.63, 3.8) is 0 Å². The number of aromatic nitrogens is 2. The molecule has 1 aliphatic rings. The molecule has 0 bridgehead atoms. The molecule has 2 N–H and O–H groups in total. The molecule has 154 valence electrons. The number of rotatable bonds is 5. The highest BCUT2D eigenvalue weighted by molar-refractivity contribution is 14.0. The zero-order valence-corrected chi connectivity index (χ0v) is 19.6. The molecule has 1 aromatic heterocycles. The average Bonchev–Trinajstić information content (AvgIpc) is 3.11. The number of guanidine groups is 1. The smallest absolute Gasteiger partial charge is 0.225 e. The Morgan fingerprint density at radius 1 is 1.33 bits per heavy atom. The summed E-state index contributed by atoms with van der Waals surface area (Å²) in [5.41, 5.74) is -0.366. The van der Waals surface area contributed by atoms with Crippen molar-refractivity contribution in [2.45, 2.75) is 47.1 Å². The molecule has 1 saturated heterocycles. The zero-order valence-electron chi connectivity index (χ0n) is 17.2. The minimum absolute atomic E-state index is 0. The lowest BCUT2D eigenvalue weighted by Crippen LogP contribution is -2.49. The highest BCUT2D eigenvalue weighted by Gasteiger charge is 2.28. The van der Waals surface area contributed by atoms with Gasteiger partial charge in [-0.15, -0.1) is 24.0 Å². The maximum atomic E-state index is 12.0. The third kappa shape index (κ3) is 6.97. The highest BCUT2D eigenvalue weighted by atomic mass is 127. The van der Waals surface area contributed by atoms with Crippen LogP contribution in [0, 0.1) is 11.3 Å². The van der Waals surface area contributed by atoms with E-state index in [1.807, 2.05) is 39.5 Å². The molecule has 1 fully saturated rings. The van der Waals surface area contributed by atoms with Gasteiger partial charge in [0.15, 0.2) is 5.96 Å². The summed E-state index contributed by atoms with van der Waals surface area (Å²) < 4.78 is 2.20. The predicted molar refractivity (Wildman–Crippen MR) is 120 cm³/mol. The van der Waals surface area contributed by atoms with E-state index in [2.05, 4.69) is 38.9 Å². The standard InChI is InChI=1S/C19H34N6O.HI/c1-6-21-18(23-9-8-22-17(26)19(3,4)5)24-11-7-15(2)16(13-24)25-12-10-20-14-25;/h10,12,14-16H,6-9,11,13H2,1-5H3,(H,21,23)(H,22,26);1H. The Morgan fingerprint density at radius 2 is 2.07 bits per heavy atom. The number of nitrogens with zero attached hydrogens (tertiary/aromatic N) is 4. The van der Waals surface area contributed by atoms with Crippen molar-refractivity contribution >= 4 is 35.8 Å². The van der Waals surface area contributed by atoms with Gasteiger partial charge in [0, 0.05) is 44.0 Å². The first-order valence-corrected chi connectivity index (χ1v) is 9.62. The predicted octanol–water partition coefficient (Wildman–Crippen LogP) is 2.51. The molecule has 27 heavy (non-hydrogen) atoms. The summed E-state index contributed by atoms with van der Waals surface area (Å²) in [4.78, 5) is 23.2. The fourth-order valence-corrected chi connectivity index (χ4v) is 3.12. The Kier molecular flexibility index (Phi) is 9.55. The van der Waals surface area contributed by atoms with Crippen LogP contribution in [0.2, 0.25) is 0 Å². The number of halogens is 1. The first-order valence-electron chi connectivity index (χ1n) is 9.62. The molecule has 0 saturated carbocycles. The molecule has 1 aliphatic heterocycles. The Bertz CT molecular complexity index is 596. The van der Waals surface area contributed by atoms with Crippen LogP contribution in [0.5, 0.6) is 0 Å². The van der Waals surface area contributed by atoms with Crippen LogP contribution in [0.1, 0.15) is 47.1 Å². The third-order valence-corrected chi connectivity index (χ3v) is 4.80. The molecule has 0 aromatic carbocycles. The number of hydrogen-bond donors (Lipinski definition) is 2. The number of likely N-dealkylation sites (tertiary alicyclic amines) is 1. The summed E-state index contributed by atoms with van der Waals surface area (Å²) in [7, 11) is 0.